The van der Waals surface area contributed by atoms with Gasteiger partial charge < -0.3 is 4.74 Å². The molecule has 39 heavy (non-hydrogen) atoms. The van der Waals surface area contributed by atoms with Crippen LogP contribution in [-0.2, 0) is 23.2 Å². The fourth-order valence-electron chi connectivity index (χ4n) is 5.04. The summed E-state index contributed by atoms with van der Waals surface area (Å²) in [6.07, 6.45) is 3.97. The van der Waals surface area contributed by atoms with Gasteiger partial charge in [0, 0.05) is 49.1 Å². The minimum absolute atomic E-state index is 0.0298. The number of aromatic nitrogens is 3. The highest BCUT2D eigenvalue weighted by atomic mass is 32.2. The molecule has 2 aromatic heterocycles. The number of anilines is 1. The predicted octanol–water partition coefficient (Wildman–Crippen LogP) is 4.03. The van der Waals surface area contributed by atoms with Crippen molar-refractivity contribution in [2.75, 3.05) is 18.4 Å². The van der Waals surface area contributed by atoms with E-state index >= 15 is 4.39 Å². The van der Waals surface area contributed by atoms with Gasteiger partial charge in [-0.05, 0) is 53.6 Å². The summed E-state index contributed by atoms with van der Waals surface area (Å²) in [6.45, 7) is 0.144. The zero-order valence-corrected chi connectivity index (χ0v) is 22.0. The monoisotopic (exact) mass is 547 g/mol. The van der Waals surface area contributed by atoms with Gasteiger partial charge in [-0.15, -0.1) is 5.10 Å². The Morgan fingerprint density at radius 3 is 2.67 bits per heavy atom. The van der Waals surface area contributed by atoms with Crippen molar-refractivity contribution in [2.24, 2.45) is 0 Å². The first-order chi connectivity index (χ1) is 18.8. The van der Waals surface area contributed by atoms with Gasteiger partial charge in [-0.25, -0.2) is 4.39 Å². The number of pyridine rings is 1. The lowest BCUT2D eigenvalue weighted by atomic mass is 9.99. The molecule has 0 amide bonds. The molecular weight excluding hydrogens is 521 g/mol. The van der Waals surface area contributed by atoms with Gasteiger partial charge in [-0.3, -0.25) is 14.1 Å². The summed E-state index contributed by atoms with van der Waals surface area (Å²) >= 11 is 0. The van der Waals surface area contributed by atoms with Gasteiger partial charge in [0.2, 0.25) is 0 Å². The summed E-state index contributed by atoms with van der Waals surface area (Å²) in [5, 5.41) is 7.47. The van der Waals surface area contributed by atoms with E-state index in [1.165, 1.54) is 45.9 Å². The molecule has 1 fully saturated rings. The standard InChI is InChI=1S/C28H26FN5O4S/c1-38-26-15-22(20-5-2-4-19(14-20)18-7-8-18)23(29)16-25(26)34-24-11-13-33(17-21(24)9-10-28(34)35)39(36,37)32-27-6-3-12-30-31-27/h2-6,9-10,12,14-16,18H,7-8,11,13,17H2,1H3,(H,31,32). The summed E-state index contributed by atoms with van der Waals surface area (Å²) < 4.78 is 52.3. The molecule has 1 aliphatic carbocycles. The molecule has 0 bridgehead atoms. The van der Waals surface area contributed by atoms with Crippen LogP contribution < -0.4 is 15.0 Å². The second-order valence-corrected chi connectivity index (χ2v) is 11.4. The van der Waals surface area contributed by atoms with E-state index in [0.717, 1.165) is 18.4 Å². The van der Waals surface area contributed by atoms with Crippen molar-refractivity contribution in [3.05, 3.63) is 99.9 Å². The van der Waals surface area contributed by atoms with Gasteiger partial charge in [0.05, 0.1) is 12.8 Å². The van der Waals surface area contributed by atoms with Crippen molar-refractivity contribution in [2.45, 2.75) is 31.7 Å². The van der Waals surface area contributed by atoms with Gasteiger partial charge in [0.15, 0.2) is 5.82 Å². The minimum atomic E-state index is -3.92. The number of benzene rings is 2. The van der Waals surface area contributed by atoms with E-state index in [-0.39, 0.29) is 36.6 Å². The van der Waals surface area contributed by atoms with Crippen LogP contribution in [0.25, 0.3) is 16.8 Å². The topological polar surface area (TPSA) is 106 Å². The van der Waals surface area contributed by atoms with E-state index in [2.05, 4.69) is 21.0 Å². The SMILES string of the molecule is COc1cc(-c2cccc(C3CC3)c2)c(F)cc1-n1c2c(ccc1=O)CN(S(=O)(=O)Nc1cccnn1)CC2. The van der Waals surface area contributed by atoms with Gasteiger partial charge in [0.25, 0.3) is 5.56 Å². The lowest BCUT2D eigenvalue weighted by Gasteiger charge is -2.30. The van der Waals surface area contributed by atoms with Crippen LogP contribution in [0.15, 0.2) is 71.7 Å². The van der Waals surface area contributed by atoms with Crippen LogP contribution in [0.2, 0.25) is 0 Å². The van der Waals surface area contributed by atoms with Gasteiger partial charge in [-0.2, -0.15) is 17.8 Å². The highest BCUT2D eigenvalue weighted by Crippen LogP contribution is 2.42. The van der Waals surface area contributed by atoms with E-state index in [9.17, 15) is 13.2 Å². The smallest absolute Gasteiger partial charge is 0.303 e. The summed E-state index contributed by atoms with van der Waals surface area (Å²) in [7, 11) is -2.44. The van der Waals surface area contributed by atoms with E-state index < -0.39 is 16.0 Å². The molecule has 1 saturated carbocycles. The van der Waals surface area contributed by atoms with E-state index in [0.29, 0.717) is 28.5 Å². The Morgan fingerprint density at radius 1 is 1.08 bits per heavy atom. The third-order valence-corrected chi connectivity index (χ3v) is 8.59. The number of ether oxygens (including phenoxy) is 1. The maximum Gasteiger partial charge on any atom is 0.303 e. The number of nitrogens with one attached hydrogen (secondary N) is 1. The molecule has 1 aliphatic heterocycles. The minimum Gasteiger partial charge on any atom is -0.495 e. The molecule has 0 radical (unpaired) electrons. The lowest BCUT2D eigenvalue weighted by molar-refractivity contribution is 0.385. The molecule has 2 aliphatic rings. The average molecular weight is 548 g/mol. The molecule has 0 spiro atoms. The summed E-state index contributed by atoms with van der Waals surface area (Å²) in [6, 6.07) is 16.9. The molecule has 1 N–H and O–H groups in total. The van der Waals surface area contributed by atoms with E-state index in [4.69, 9.17) is 4.74 Å². The maximum absolute atomic E-state index is 15.6. The Labute approximate surface area is 225 Å². The highest BCUT2D eigenvalue weighted by molar-refractivity contribution is 7.90. The van der Waals surface area contributed by atoms with Crippen LogP contribution in [0.4, 0.5) is 10.2 Å². The Bertz CT molecular complexity index is 1720. The van der Waals surface area contributed by atoms with Crippen molar-refractivity contribution < 1.29 is 17.5 Å². The van der Waals surface area contributed by atoms with Gasteiger partial charge in [-0.1, -0.05) is 30.3 Å². The number of nitrogens with zero attached hydrogens (tertiary/aromatic N) is 4. The van der Waals surface area contributed by atoms with Crippen molar-refractivity contribution in [3.63, 3.8) is 0 Å². The fourth-order valence-corrected chi connectivity index (χ4v) is 6.18. The average Bonchev–Trinajstić information content (AvgIpc) is 3.79. The first-order valence-electron chi connectivity index (χ1n) is 12.6. The third kappa shape index (κ3) is 4.90. The normalized spacial score (nSPS) is 15.5. The maximum atomic E-state index is 15.6. The number of halogens is 1. The van der Waals surface area contributed by atoms with Crippen LogP contribution in [0.5, 0.6) is 5.75 Å². The second-order valence-electron chi connectivity index (χ2n) is 9.68. The first-order valence-corrected chi connectivity index (χ1v) is 14.1. The number of rotatable bonds is 7. The van der Waals surface area contributed by atoms with E-state index in [1.54, 1.807) is 18.2 Å². The Hall–Kier alpha value is -4.09. The molecule has 11 heteroatoms. The zero-order valence-electron chi connectivity index (χ0n) is 21.2. The summed E-state index contributed by atoms with van der Waals surface area (Å²) in [4.78, 5) is 13.1. The number of hydrogen-bond acceptors (Lipinski definition) is 6. The van der Waals surface area contributed by atoms with Gasteiger partial charge in [0.1, 0.15) is 11.6 Å². The molecule has 200 valence electrons. The summed E-state index contributed by atoms with van der Waals surface area (Å²) in [5.74, 6) is 0.508. The highest BCUT2D eigenvalue weighted by Gasteiger charge is 2.30. The Balaban J connectivity index is 1.36. The van der Waals surface area contributed by atoms with Gasteiger partial charge >= 0.3 is 10.2 Å². The molecule has 9 nitrogen and oxygen atoms in total. The van der Waals surface area contributed by atoms with Crippen LogP contribution in [0, 0.1) is 5.82 Å². The number of methoxy groups -OCH3 is 1. The molecule has 2 aromatic carbocycles. The van der Waals surface area contributed by atoms with Crippen LogP contribution >= 0.6 is 0 Å². The molecule has 0 unspecified atom stereocenters. The van der Waals surface area contributed by atoms with E-state index in [1.807, 2.05) is 18.2 Å². The molecule has 4 aromatic rings. The molecule has 0 atom stereocenters. The van der Waals surface area contributed by atoms with Crippen molar-refractivity contribution in [1.29, 1.82) is 0 Å². The molecule has 6 rings (SSSR count). The van der Waals surface area contributed by atoms with Crippen molar-refractivity contribution >= 4 is 16.0 Å². The second kappa shape index (κ2) is 9.90. The molecular formula is C28H26FN5O4S. The van der Waals surface area contributed by atoms with Crippen LogP contribution in [0.1, 0.15) is 35.6 Å². The molecule has 0 saturated heterocycles. The number of hydrogen-bond donors (Lipinski definition) is 1. The predicted molar refractivity (Wildman–Crippen MR) is 145 cm³/mol. The zero-order chi connectivity index (χ0) is 27.1. The first kappa shape index (κ1) is 25.2. The summed E-state index contributed by atoms with van der Waals surface area (Å²) in [5.41, 5.74) is 3.49. The van der Waals surface area contributed by atoms with Crippen molar-refractivity contribution in [1.82, 2.24) is 19.1 Å². The fraction of sp³-hybridized carbons (Fsp3) is 0.250. The largest absolute Gasteiger partial charge is 0.495 e. The molecule has 3 heterocycles. The number of fused-ring (bicyclic) bond motifs is 1. The lowest BCUT2D eigenvalue weighted by Crippen LogP contribution is -2.41. The third-order valence-electron chi connectivity index (χ3n) is 7.13. The van der Waals surface area contributed by atoms with Crippen LogP contribution in [0.3, 0.4) is 0 Å². The Kier molecular flexibility index (Phi) is 6.40. The Morgan fingerprint density at radius 2 is 1.92 bits per heavy atom. The quantitative estimate of drug-likeness (QED) is 0.375. The van der Waals surface area contributed by atoms with Crippen LogP contribution in [-0.4, -0.2) is 41.1 Å². The van der Waals surface area contributed by atoms with Crippen molar-refractivity contribution in [3.8, 4) is 22.6 Å².